The minimum absolute atomic E-state index is 0.0342. The molecule has 5 rings (SSSR count). The Balaban J connectivity index is 1.43. The SMILES string of the molecule is Cc1ccc(C(C)CC(O)C2C=CC3C(=O)N(Cc4ccccc4)C(=O)C3N2n2cnnc2)o1. The zero-order valence-corrected chi connectivity index (χ0v) is 19.1. The lowest BCUT2D eigenvalue weighted by Crippen LogP contribution is -2.60. The Morgan fingerprint density at radius 2 is 1.76 bits per heavy atom. The van der Waals surface area contributed by atoms with Crippen LogP contribution in [0.4, 0.5) is 0 Å². The summed E-state index contributed by atoms with van der Waals surface area (Å²) in [6, 6.07) is 11.9. The number of nitrogens with zero attached hydrogens (tertiary/aromatic N) is 5. The fourth-order valence-corrected chi connectivity index (χ4v) is 4.88. The van der Waals surface area contributed by atoms with Gasteiger partial charge in [-0.3, -0.25) is 19.5 Å². The molecular formula is C25H27N5O4. The highest BCUT2D eigenvalue weighted by atomic mass is 16.3. The van der Waals surface area contributed by atoms with Gasteiger partial charge in [-0.2, -0.15) is 0 Å². The van der Waals surface area contributed by atoms with Gasteiger partial charge in [-0.25, -0.2) is 4.68 Å². The molecule has 34 heavy (non-hydrogen) atoms. The smallest absolute Gasteiger partial charge is 0.255 e. The Kier molecular flexibility index (Phi) is 5.79. The molecule has 2 aliphatic heterocycles. The molecule has 2 amide bonds. The molecule has 1 saturated heterocycles. The van der Waals surface area contributed by atoms with E-state index in [0.29, 0.717) is 6.42 Å². The lowest BCUT2D eigenvalue weighted by Gasteiger charge is -2.41. The molecule has 1 aromatic carbocycles. The third-order valence-corrected chi connectivity index (χ3v) is 6.61. The van der Waals surface area contributed by atoms with E-state index in [1.54, 1.807) is 15.8 Å². The number of aliphatic hydroxyl groups is 1. The first kappa shape index (κ1) is 22.1. The number of carbonyl (C=O) groups excluding carboxylic acids is 2. The molecule has 5 atom stereocenters. The van der Waals surface area contributed by atoms with Gasteiger partial charge in [0.25, 0.3) is 5.91 Å². The number of carbonyl (C=O) groups is 2. The highest BCUT2D eigenvalue weighted by Crippen LogP contribution is 2.34. The van der Waals surface area contributed by atoms with Gasteiger partial charge in [0.1, 0.15) is 30.2 Å². The Morgan fingerprint density at radius 1 is 1.03 bits per heavy atom. The zero-order valence-electron chi connectivity index (χ0n) is 19.1. The monoisotopic (exact) mass is 461 g/mol. The summed E-state index contributed by atoms with van der Waals surface area (Å²) < 4.78 is 7.32. The first-order valence-electron chi connectivity index (χ1n) is 11.4. The van der Waals surface area contributed by atoms with Crippen molar-refractivity contribution in [1.82, 2.24) is 19.8 Å². The van der Waals surface area contributed by atoms with Crippen molar-refractivity contribution in [1.29, 1.82) is 0 Å². The maximum Gasteiger partial charge on any atom is 0.255 e. The predicted octanol–water partition coefficient (Wildman–Crippen LogP) is 2.16. The van der Waals surface area contributed by atoms with Gasteiger partial charge in [0.2, 0.25) is 5.91 Å². The van der Waals surface area contributed by atoms with E-state index in [1.807, 2.05) is 62.4 Å². The summed E-state index contributed by atoms with van der Waals surface area (Å²) in [7, 11) is 0. The Bertz CT molecular complexity index is 1190. The third kappa shape index (κ3) is 3.92. The van der Waals surface area contributed by atoms with Crippen molar-refractivity contribution in [3.63, 3.8) is 0 Å². The molecule has 3 aromatic rings. The number of hydrogen-bond donors (Lipinski definition) is 1. The van der Waals surface area contributed by atoms with E-state index in [9.17, 15) is 14.7 Å². The van der Waals surface area contributed by atoms with Crippen LogP contribution in [0, 0.1) is 12.8 Å². The minimum Gasteiger partial charge on any atom is -0.466 e. The van der Waals surface area contributed by atoms with Crippen molar-refractivity contribution in [2.75, 3.05) is 5.01 Å². The number of aryl methyl sites for hydroxylation is 1. The van der Waals surface area contributed by atoms with Gasteiger partial charge in [0.05, 0.1) is 24.6 Å². The fourth-order valence-electron chi connectivity index (χ4n) is 4.88. The molecule has 1 fully saturated rings. The fraction of sp³-hybridized carbons (Fsp3) is 0.360. The molecule has 9 nitrogen and oxygen atoms in total. The van der Waals surface area contributed by atoms with Crippen LogP contribution in [0.1, 0.15) is 36.3 Å². The van der Waals surface area contributed by atoms with E-state index in [2.05, 4.69) is 10.2 Å². The van der Waals surface area contributed by atoms with Crippen LogP contribution >= 0.6 is 0 Å². The number of rotatable bonds is 7. The molecule has 0 saturated carbocycles. The molecule has 4 heterocycles. The first-order chi connectivity index (χ1) is 16.4. The molecule has 2 aliphatic rings. The maximum absolute atomic E-state index is 13.6. The topological polar surface area (TPSA) is 105 Å². The van der Waals surface area contributed by atoms with Crippen LogP contribution in [0.5, 0.6) is 0 Å². The molecule has 0 radical (unpaired) electrons. The summed E-state index contributed by atoms with van der Waals surface area (Å²) in [4.78, 5) is 28.1. The van der Waals surface area contributed by atoms with Crippen LogP contribution in [0.25, 0.3) is 0 Å². The second kappa shape index (κ2) is 8.90. The summed E-state index contributed by atoms with van der Waals surface area (Å²) in [5, 5.41) is 20.8. The number of aromatic nitrogens is 3. The number of benzene rings is 1. The quantitative estimate of drug-likeness (QED) is 0.425. The van der Waals surface area contributed by atoms with E-state index in [-0.39, 0.29) is 24.3 Å². The summed E-state index contributed by atoms with van der Waals surface area (Å²) in [5.74, 6) is 0.382. The van der Waals surface area contributed by atoms with Gasteiger partial charge < -0.3 is 9.52 Å². The van der Waals surface area contributed by atoms with Crippen LogP contribution in [0.2, 0.25) is 0 Å². The molecule has 0 spiro atoms. The number of hydrogen-bond acceptors (Lipinski definition) is 7. The van der Waals surface area contributed by atoms with Crippen LogP contribution in [0.15, 0.2) is 71.7 Å². The second-order valence-electron chi connectivity index (χ2n) is 8.97. The molecule has 1 N–H and O–H groups in total. The Hall–Kier alpha value is -3.72. The van der Waals surface area contributed by atoms with Crippen molar-refractivity contribution in [3.8, 4) is 0 Å². The lowest BCUT2D eigenvalue weighted by atomic mass is 9.89. The average molecular weight is 462 g/mol. The number of imide groups is 1. The minimum atomic E-state index is -0.828. The van der Waals surface area contributed by atoms with Gasteiger partial charge in [-0.05, 0) is 31.0 Å². The third-order valence-electron chi connectivity index (χ3n) is 6.61. The normalized spacial score (nSPS) is 23.9. The molecule has 176 valence electrons. The summed E-state index contributed by atoms with van der Waals surface area (Å²) in [5.41, 5.74) is 0.877. The van der Waals surface area contributed by atoms with Crippen LogP contribution < -0.4 is 5.01 Å². The number of furan rings is 1. The van der Waals surface area contributed by atoms with E-state index in [0.717, 1.165) is 17.1 Å². The molecule has 9 heteroatoms. The standard InChI is InChI=1S/C25H27N5O4/c1-16(22-11-8-17(2)34-22)12-21(31)20-10-9-19-23(30(20)28-14-26-27-15-28)25(33)29(24(19)32)13-18-6-4-3-5-7-18/h3-11,14-16,19-21,23,31H,12-13H2,1-2H3. The van der Waals surface area contributed by atoms with Gasteiger partial charge in [-0.15, -0.1) is 10.2 Å². The molecule has 0 aliphatic carbocycles. The maximum atomic E-state index is 13.6. The van der Waals surface area contributed by atoms with Crippen molar-refractivity contribution < 1.29 is 19.1 Å². The van der Waals surface area contributed by atoms with Gasteiger partial charge in [0, 0.05) is 5.92 Å². The van der Waals surface area contributed by atoms with Gasteiger partial charge in [0.15, 0.2) is 0 Å². The number of amides is 2. The highest BCUT2D eigenvalue weighted by Gasteiger charge is 2.53. The first-order valence-corrected chi connectivity index (χ1v) is 11.4. The number of fused-ring (bicyclic) bond motifs is 1. The lowest BCUT2D eigenvalue weighted by molar-refractivity contribution is -0.139. The van der Waals surface area contributed by atoms with E-state index in [4.69, 9.17) is 4.42 Å². The van der Waals surface area contributed by atoms with Gasteiger partial charge >= 0.3 is 0 Å². The van der Waals surface area contributed by atoms with Crippen LogP contribution in [-0.4, -0.2) is 54.9 Å². The second-order valence-corrected chi connectivity index (χ2v) is 8.97. The van der Waals surface area contributed by atoms with E-state index in [1.165, 1.54) is 17.6 Å². The molecule has 0 bridgehead atoms. The molecular weight excluding hydrogens is 434 g/mol. The van der Waals surface area contributed by atoms with Crippen molar-refractivity contribution in [2.45, 2.75) is 50.9 Å². The summed E-state index contributed by atoms with van der Waals surface area (Å²) in [6.07, 6.45) is 6.11. The zero-order chi connectivity index (χ0) is 23.8. The predicted molar refractivity (Wildman–Crippen MR) is 123 cm³/mol. The average Bonchev–Trinajstić information content (AvgIpc) is 3.57. The molecule has 5 unspecified atom stereocenters. The Morgan fingerprint density at radius 3 is 2.44 bits per heavy atom. The number of aliphatic hydroxyl groups excluding tert-OH is 1. The van der Waals surface area contributed by atoms with Crippen molar-refractivity contribution >= 4 is 11.8 Å². The molecule has 2 aromatic heterocycles. The van der Waals surface area contributed by atoms with Crippen LogP contribution in [-0.2, 0) is 16.1 Å². The van der Waals surface area contributed by atoms with Crippen molar-refractivity contribution in [3.05, 3.63) is 84.4 Å². The van der Waals surface area contributed by atoms with Crippen LogP contribution in [0.3, 0.4) is 0 Å². The van der Waals surface area contributed by atoms with E-state index >= 15 is 0 Å². The van der Waals surface area contributed by atoms with Crippen molar-refractivity contribution in [2.24, 2.45) is 5.92 Å². The Labute approximate surface area is 197 Å². The summed E-state index contributed by atoms with van der Waals surface area (Å²) in [6.45, 7) is 4.08. The highest BCUT2D eigenvalue weighted by molar-refractivity contribution is 6.09. The largest absolute Gasteiger partial charge is 0.466 e. The number of likely N-dealkylation sites (tertiary alicyclic amines) is 1. The summed E-state index contributed by atoms with van der Waals surface area (Å²) >= 11 is 0. The van der Waals surface area contributed by atoms with E-state index < -0.39 is 24.1 Å². The van der Waals surface area contributed by atoms with Gasteiger partial charge in [-0.1, -0.05) is 49.4 Å².